The van der Waals surface area contributed by atoms with Crippen molar-refractivity contribution in [3.8, 4) is 0 Å². The van der Waals surface area contributed by atoms with E-state index >= 15 is 0 Å². The summed E-state index contributed by atoms with van der Waals surface area (Å²) in [5, 5.41) is 3.34. The second-order valence-corrected chi connectivity index (χ2v) is 3.08. The highest BCUT2D eigenvalue weighted by Gasteiger charge is 2.14. The van der Waals surface area contributed by atoms with Gasteiger partial charge in [0.05, 0.1) is 11.4 Å². The van der Waals surface area contributed by atoms with Crippen molar-refractivity contribution in [3.63, 3.8) is 0 Å². The lowest BCUT2D eigenvalue weighted by Crippen LogP contribution is -2.40. The zero-order valence-electron chi connectivity index (χ0n) is 7.84. The van der Waals surface area contributed by atoms with Crippen molar-refractivity contribution in [1.82, 2.24) is 21.8 Å². The maximum Gasteiger partial charge on any atom is 0.121 e. The van der Waals surface area contributed by atoms with E-state index in [2.05, 4.69) is 22.7 Å². The molecule has 2 aliphatic rings. The molecule has 1 fully saturated rings. The second kappa shape index (κ2) is 4.15. The number of hydrogen-bond acceptors (Lipinski definition) is 5. The highest BCUT2D eigenvalue weighted by molar-refractivity contribution is 5.25. The minimum atomic E-state index is 0. The Labute approximate surface area is 79.5 Å². The first-order chi connectivity index (χ1) is 5.86. The van der Waals surface area contributed by atoms with Gasteiger partial charge in [0, 0.05) is 27.1 Å². The molecule has 1 saturated heterocycles. The maximum absolute atomic E-state index is 4.90. The van der Waals surface area contributed by atoms with Crippen LogP contribution >= 0.6 is 0 Å². The quantitative estimate of drug-likeness (QED) is 0.503. The number of hydrogen-bond donors (Lipinski definition) is 3. The van der Waals surface area contributed by atoms with Crippen LogP contribution in [0.3, 0.4) is 0 Å². The first-order valence-corrected chi connectivity index (χ1v) is 4.10. The molecular weight excluding hydrogens is 168 g/mol. The molecule has 0 bridgehead atoms. The molecule has 0 aromatic rings. The van der Waals surface area contributed by atoms with Crippen LogP contribution in [0.5, 0.6) is 0 Å². The summed E-state index contributed by atoms with van der Waals surface area (Å²) in [6.07, 6.45) is 3.58. The van der Waals surface area contributed by atoms with Gasteiger partial charge in [0.1, 0.15) is 6.26 Å². The molecule has 0 amide bonds. The predicted molar refractivity (Wildman–Crippen MR) is 53.0 cm³/mol. The van der Waals surface area contributed by atoms with Gasteiger partial charge < -0.3 is 16.3 Å². The van der Waals surface area contributed by atoms with Crippen LogP contribution in [-0.2, 0) is 4.84 Å². The van der Waals surface area contributed by atoms with Crippen LogP contribution in [0.25, 0.3) is 0 Å². The van der Waals surface area contributed by atoms with Crippen LogP contribution in [0.1, 0.15) is 1.43 Å². The molecule has 0 atom stereocenters. The van der Waals surface area contributed by atoms with Crippen LogP contribution in [0, 0.1) is 0 Å². The maximum atomic E-state index is 4.90. The second-order valence-electron chi connectivity index (χ2n) is 3.08. The Balaban J connectivity index is 0.000000845. The van der Waals surface area contributed by atoms with Gasteiger partial charge in [-0.1, -0.05) is 0 Å². The molecule has 2 rings (SSSR count). The van der Waals surface area contributed by atoms with E-state index in [-0.39, 0.29) is 7.58 Å². The zero-order chi connectivity index (χ0) is 8.39. The average Bonchev–Trinajstić information content (AvgIpc) is 2.56. The standard InChI is InChI=1S/C8H13N3O.H3N.H2/c1-11-4-3-9-8(6-11)7-2-5-12-10-7;;/h2,5,9-10H,3-4,6H2,1H3;1H3;1H/b8-7-;;. The molecule has 76 valence electrons. The van der Waals surface area contributed by atoms with Crippen LogP contribution in [0.2, 0.25) is 0 Å². The Morgan fingerprint density at radius 1 is 1.62 bits per heavy atom. The van der Waals surface area contributed by atoms with E-state index < -0.39 is 0 Å². The Bertz CT molecular complexity index is 241. The summed E-state index contributed by atoms with van der Waals surface area (Å²) in [7, 11) is 2.11. The molecule has 5 heteroatoms. The number of likely N-dealkylation sites (N-methyl/N-ethyl adjacent to an activating group) is 1. The predicted octanol–water partition coefficient (Wildman–Crippen LogP) is 0.190. The summed E-state index contributed by atoms with van der Waals surface area (Å²) in [5.41, 5.74) is 5.08. The fourth-order valence-corrected chi connectivity index (χ4v) is 1.38. The Morgan fingerprint density at radius 2 is 2.46 bits per heavy atom. The smallest absolute Gasteiger partial charge is 0.121 e. The minimum Gasteiger partial charge on any atom is -0.390 e. The number of nitrogens with zero attached hydrogens (tertiary/aromatic N) is 1. The Hall–Kier alpha value is -1.20. The summed E-state index contributed by atoms with van der Waals surface area (Å²) in [5.74, 6) is 0. The van der Waals surface area contributed by atoms with Gasteiger partial charge in [0.25, 0.3) is 0 Å². The Kier molecular flexibility index (Phi) is 3.16. The number of nitrogens with one attached hydrogen (secondary N) is 2. The van der Waals surface area contributed by atoms with Gasteiger partial charge in [-0.2, -0.15) is 0 Å². The monoisotopic (exact) mass is 186 g/mol. The van der Waals surface area contributed by atoms with Gasteiger partial charge in [-0.05, 0) is 7.05 Å². The van der Waals surface area contributed by atoms with Gasteiger partial charge in [-0.25, -0.2) is 5.48 Å². The Morgan fingerprint density at radius 3 is 3.08 bits per heavy atom. The van der Waals surface area contributed by atoms with Crippen LogP contribution in [0.15, 0.2) is 23.7 Å². The van der Waals surface area contributed by atoms with Crippen molar-refractivity contribution in [2.24, 2.45) is 0 Å². The van der Waals surface area contributed by atoms with Crippen LogP contribution in [-0.4, -0.2) is 31.6 Å². The van der Waals surface area contributed by atoms with Crippen LogP contribution < -0.4 is 16.9 Å². The lowest BCUT2D eigenvalue weighted by molar-refractivity contribution is 0.183. The van der Waals surface area contributed by atoms with E-state index in [0.717, 1.165) is 25.3 Å². The third-order valence-electron chi connectivity index (χ3n) is 2.06. The topological polar surface area (TPSA) is 71.5 Å². The minimum absolute atomic E-state index is 0. The number of piperazine rings is 1. The van der Waals surface area contributed by atoms with Gasteiger partial charge in [-0.3, -0.25) is 4.90 Å². The lowest BCUT2D eigenvalue weighted by Gasteiger charge is -2.26. The largest absolute Gasteiger partial charge is 0.390 e. The van der Waals surface area contributed by atoms with Crippen LogP contribution in [0.4, 0.5) is 0 Å². The highest BCUT2D eigenvalue weighted by atomic mass is 16.6. The summed E-state index contributed by atoms with van der Waals surface area (Å²) in [6.45, 7) is 3.06. The highest BCUT2D eigenvalue weighted by Crippen LogP contribution is 2.09. The summed E-state index contributed by atoms with van der Waals surface area (Å²) < 4.78 is 0. The van der Waals surface area contributed by atoms with E-state index in [1.807, 2.05) is 6.08 Å². The molecule has 5 nitrogen and oxygen atoms in total. The normalized spacial score (nSPS) is 27.2. The van der Waals surface area contributed by atoms with E-state index in [0.29, 0.717) is 0 Å². The van der Waals surface area contributed by atoms with E-state index in [1.165, 1.54) is 5.70 Å². The van der Waals surface area contributed by atoms with Crippen molar-refractivity contribution in [2.45, 2.75) is 0 Å². The molecule has 0 aliphatic carbocycles. The summed E-state index contributed by atoms with van der Waals surface area (Å²) >= 11 is 0. The van der Waals surface area contributed by atoms with Gasteiger partial charge >= 0.3 is 0 Å². The average molecular weight is 186 g/mol. The number of hydroxylamine groups is 1. The van der Waals surface area contributed by atoms with Crippen molar-refractivity contribution >= 4 is 0 Å². The molecular formula is C8H18N4O. The summed E-state index contributed by atoms with van der Waals surface area (Å²) in [4.78, 5) is 7.17. The molecule has 0 unspecified atom stereocenters. The molecule has 0 aromatic carbocycles. The molecule has 0 radical (unpaired) electrons. The molecule has 2 heterocycles. The van der Waals surface area contributed by atoms with E-state index in [1.54, 1.807) is 6.26 Å². The molecule has 5 N–H and O–H groups in total. The summed E-state index contributed by atoms with van der Waals surface area (Å²) in [6, 6.07) is 0. The molecule has 0 aromatic heterocycles. The number of rotatable bonds is 0. The van der Waals surface area contributed by atoms with Crippen molar-refractivity contribution < 1.29 is 6.26 Å². The third kappa shape index (κ3) is 2.13. The van der Waals surface area contributed by atoms with Crippen molar-refractivity contribution in [1.29, 1.82) is 0 Å². The molecule has 0 saturated carbocycles. The zero-order valence-corrected chi connectivity index (χ0v) is 7.84. The fourth-order valence-electron chi connectivity index (χ4n) is 1.38. The van der Waals surface area contributed by atoms with Gasteiger partial charge in [0.2, 0.25) is 0 Å². The van der Waals surface area contributed by atoms with Gasteiger partial charge in [0.15, 0.2) is 0 Å². The SMILES string of the molecule is CN1CCN/C(=C2/C=CON2)C1.N.[HH]. The first kappa shape index (κ1) is 9.88. The first-order valence-electron chi connectivity index (χ1n) is 4.10. The van der Waals surface area contributed by atoms with Gasteiger partial charge in [-0.15, -0.1) is 0 Å². The number of allylic oxidation sites excluding steroid dienone is 1. The molecule has 13 heavy (non-hydrogen) atoms. The van der Waals surface area contributed by atoms with E-state index in [4.69, 9.17) is 4.84 Å². The van der Waals surface area contributed by atoms with Crippen molar-refractivity contribution in [3.05, 3.63) is 23.7 Å². The fraction of sp³-hybridized carbons (Fsp3) is 0.500. The lowest BCUT2D eigenvalue weighted by atomic mass is 10.2. The van der Waals surface area contributed by atoms with Crippen molar-refractivity contribution in [2.75, 3.05) is 26.7 Å². The molecule has 2 aliphatic heterocycles. The van der Waals surface area contributed by atoms with E-state index in [9.17, 15) is 0 Å². The third-order valence-corrected chi connectivity index (χ3v) is 2.06. The molecule has 0 spiro atoms.